The molecule has 0 radical (unpaired) electrons. The number of ketones is 1. The molecule has 1 aliphatic heterocycles. The van der Waals surface area contributed by atoms with Crippen LogP contribution in [0.1, 0.15) is 28.8 Å². The third-order valence-corrected chi connectivity index (χ3v) is 6.71. The van der Waals surface area contributed by atoms with E-state index in [1.165, 1.54) is 28.6 Å². The Morgan fingerprint density at radius 2 is 1.62 bits per heavy atom. The molecular weight excluding hydrogens is 377 g/mol. The SMILES string of the molecule is O=C(c1ccc(F)cc1)C1CCN(S(=O)(=O)Cc2ccc(Cl)cc2)CC1. The number of piperidine rings is 1. The topological polar surface area (TPSA) is 54.5 Å². The van der Waals surface area contributed by atoms with E-state index >= 15 is 0 Å². The standard InChI is InChI=1S/C19H19ClFNO3S/c20-17-5-1-14(2-6-17)13-26(24,25)22-11-9-16(10-12-22)19(23)15-3-7-18(21)8-4-15/h1-8,16H,9-13H2. The minimum absolute atomic E-state index is 0.0558. The van der Waals surface area contributed by atoms with Crippen molar-refractivity contribution < 1.29 is 17.6 Å². The van der Waals surface area contributed by atoms with Crippen molar-refractivity contribution in [2.75, 3.05) is 13.1 Å². The molecule has 0 N–H and O–H groups in total. The number of hydrogen-bond acceptors (Lipinski definition) is 3. The van der Waals surface area contributed by atoms with Crippen LogP contribution in [0.2, 0.25) is 5.02 Å². The van der Waals surface area contributed by atoms with Gasteiger partial charge in [-0.15, -0.1) is 0 Å². The minimum atomic E-state index is -3.44. The number of carbonyl (C=O) groups is 1. The number of benzene rings is 2. The van der Waals surface area contributed by atoms with E-state index in [1.807, 2.05) is 0 Å². The van der Waals surface area contributed by atoms with Gasteiger partial charge in [0.2, 0.25) is 10.0 Å². The molecule has 0 spiro atoms. The van der Waals surface area contributed by atoms with Crippen molar-refractivity contribution >= 4 is 27.4 Å². The van der Waals surface area contributed by atoms with Crippen LogP contribution >= 0.6 is 11.6 Å². The molecule has 2 aromatic carbocycles. The summed E-state index contributed by atoms with van der Waals surface area (Å²) in [5.41, 5.74) is 1.15. The van der Waals surface area contributed by atoms with E-state index in [1.54, 1.807) is 24.3 Å². The van der Waals surface area contributed by atoms with Gasteiger partial charge >= 0.3 is 0 Å². The molecule has 0 atom stereocenters. The summed E-state index contributed by atoms with van der Waals surface area (Å²) < 4.78 is 39.6. The molecule has 2 aromatic rings. The molecule has 138 valence electrons. The fourth-order valence-electron chi connectivity index (χ4n) is 3.13. The van der Waals surface area contributed by atoms with Crippen LogP contribution in [0.4, 0.5) is 4.39 Å². The van der Waals surface area contributed by atoms with E-state index in [0.29, 0.717) is 42.1 Å². The maximum absolute atomic E-state index is 13.0. The van der Waals surface area contributed by atoms with Gasteiger partial charge in [-0.3, -0.25) is 4.79 Å². The summed E-state index contributed by atoms with van der Waals surface area (Å²) in [6, 6.07) is 12.2. The van der Waals surface area contributed by atoms with Crippen LogP contribution in [-0.4, -0.2) is 31.6 Å². The van der Waals surface area contributed by atoms with Gasteiger partial charge in [-0.2, -0.15) is 0 Å². The van der Waals surface area contributed by atoms with Crippen LogP contribution < -0.4 is 0 Å². The van der Waals surface area contributed by atoms with Crippen molar-refractivity contribution in [3.63, 3.8) is 0 Å². The van der Waals surface area contributed by atoms with Gasteiger partial charge in [-0.25, -0.2) is 17.1 Å². The Morgan fingerprint density at radius 1 is 1.04 bits per heavy atom. The van der Waals surface area contributed by atoms with Crippen LogP contribution in [0.5, 0.6) is 0 Å². The van der Waals surface area contributed by atoms with Crippen molar-refractivity contribution in [1.29, 1.82) is 0 Å². The molecule has 0 unspecified atom stereocenters. The van der Waals surface area contributed by atoms with E-state index in [2.05, 4.69) is 0 Å². The highest BCUT2D eigenvalue weighted by Gasteiger charge is 2.31. The molecule has 1 saturated heterocycles. The van der Waals surface area contributed by atoms with E-state index in [-0.39, 0.29) is 23.3 Å². The smallest absolute Gasteiger partial charge is 0.218 e. The second kappa shape index (κ2) is 7.86. The fourth-order valence-corrected chi connectivity index (χ4v) is 4.82. The van der Waals surface area contributed by atoms with E-state index in [9.17, 15) is 17.6 Å². The maximum Gasteiger partial charge on any atom is 0.218 e. The van der Waals surface area contributed by atoms with Gasteiger partial charge in [0.05, 0.1) is 5.75 Å². The lowest BCUT2D eigenvalue weighted by Crippen LogP contribution is -2.40. The summed E-state index contributed by atoms with van der Waals surface area (Å²) in [5.74, 6) is -0.757. The highest BCUT2D eigenvalue weighted by atomic mass is 35.5. The summed E-state index contributed by atoms with van der Waals surface area (Å²) in [7, 11) is -3.44. The van der Waals surface area contributed by atoms with Crippen molar-refractivity contribution in [2.24, 2.45) is 5.92 Å². The molecule has 3 rings (SSSR count). The summed E-state index contributed by atoms with van der Waals surface area (Å²) in [4.78, 5) is 12.5. The predicted molar refractivity (Wildman–Crippen MR) is 99.1 cm³/mol. The van der Waals surface area contributed by atoms with Crippen molar-refractivity contribution in [2.45, 2.75) is 18.6 Å². The zero-order valence-electron chi connectivity index (χ0n) is 14.1. The zero-order valence-corrected chi connectivity index (χ0v) is 15.6. The number of halogens is 2. The Morgan fingerprint density at radius 3 is 2.19 bits per heavy atom. The Bertz CT molecular complexity index is 874. The Labute approximate surface area is 157 Å². The highest BCUT2D eigenvalue weighted by Crippen LogP contribution is 2.25. The largest absolute Gasteiger partial charge is 0.294 e. The average Bonchev–Trinajstić information content (AvgIpc) is 2.64. The van der Waals surface area contributed by atoms with Crippen molar-refractivity contribution in [3.05, 3.63) is 70.5 Å². The number of hydrogen-bond donors (Lipinski definition) is 0. The molecule has 26 heavy (non-hydrogen) atoms. The van der Waals surface area contributed by atoms with Crippen LogP contribution in [-0.2, 0) is 15.8 Å². The van der Waals surface area contributed by atoms with Gasteiger partial charge in [0.1, 0.15) is 5.82 Å². The third-order valence-electron chi connectivity index (χ3n) is 4.61. The number of carbonyl (C=O) groups excluding carboxylic acids is 1. The number of rotatable bonds is 5. The first kappa shape index (κ1) is 19.0. The minimum Gasteiger partial charge on any atom is -0.294 e. The van der Waals surface area contributed by atoms with Crippen LogP contribution in [0.15, 0.2) is 48.5 Å². The number of Topliss-reactive ketones (excluding diaryl/α,β-unsaturated/α-hetero) is 1. The number of nitrogens with zero attached hydrogens (tertiary/aromatic N) is 1. The summed E-state index contributed by atoms with van der Waals surface area (Å²) in [6.07, 6.45) is 0.937. The maximum atomic E-state index is 13.0. The molecule has 0 bridgehead atoms. The normalized spacial score (nSPS) is 16.5. The highest BCUT2D eigenvalue weighted by molar-refractivity contribution is 7.88. The first-order valence-corrected chi connectivity index (χ1v) is 10.4. The second-order valence-electron chi connectivity index (χ2n) is 6.43. The van der Waals surface area contributed by atoms with E-state index in [0.717, 1.165) is 0 Å². The predicted octanol–water partition coefficient (Wildman–Crippen LogP) is 3.90. The molecule has 0 aromatic heterocycles. The quantitative estimate of drug-likeness (QED) is 0.721. The van der Waals surface area contributed by atoms with Gasteiger partial charge in [0.15, 0.2) is 5.78 Å². The van der Waals surface area contributed by atoms with Crippen molar-refractivity contribution in [1.82, 2.24) is 4.31 Å². The molecule has 0 saturated carbocycles. The summed E-state index contributed by atoms with van der Waals surface area (Å²) in [5, 5.41) is 0.561. The van der Waals surface area contributed by atoms with Crippen molar-refractivity contribution in [3.8, 4) is 0 Å². The average molecular weight is 396 g/mol. The molecule has 4 nitrogen and oxygen atoms in total. The van der Waals surface area contributed by atoms with E-state index in [4.69, 9.17) is 11.6 Å². The summed E-state index contributed by atoms with van der Waals surface area (Å²) in [6.45, 7) is 0.626. The lowest BCUT2D eigenvalue weighted by atomic mass is 9.90. The van der Waals surface area contributed by atoms with Gasteiger partial charge in [-0.1, -0.05) is 23.7 Å². The zero-order chi connectivity index (χ0) is 18.7. The molecule has 0 aliphatic carbocycles. The first-order valence-electron chi connectivity index (χ1n) is 8.37. The molecule has 1 heterocycles. The van der Waals surface area contributed by atoms with Gasteiger partial charge in [0, 0.05) is 29.6 Å². The lowest BCUT2D eigenvalue weighted by Gasteiger charge is -2.30. The Hall–Kier alpha value is -1.76. The van der Waals surface area contributed by atoms with Crippen LogP contribution in [0.25, 0.3) is 0 Å². The monoisotopic (exact) mass is 395 g/mol. The molecule has 0 amide bonds. The fraction of sp³-hybridized carbons (Fsp3) is 0.316. The summed E-state index contributed by atoms with van der Waals surface area (Å²) >= 11 is 5.82. The number of sulfonamides is 1. The lowest BCUT2D eigenvalue weighted by molar-refractivity contribution is 0.0875. The Balaban J connectivity index is 1.61. The molecule has 7 heteroatoms. The van der Waals surface area contributed by atoms with Gasteiger partial charge < -0.3 is 0 Å². The Kier molecular flexibility index (Phi) is 5.75. The molecular formula is C19H19ClFNO3S. The van der Waals surface area contributed by atoms with Crippen LogP contribution in [0, 0.1) is 11.7 Å². The molecule has 1 aliphatic rings. The van der Waals surface area contributed by atoms with E-state index < -0.39 is 10.0 Å². The van der Waals surface area contributed by atoms with Gasteiger partial charge in [0.25, 0.3) is 0 Å². The van der Waals surface area contributed by atoms with Gasteiger partial charge in [-0.05, 0) is 54.8 Å². The first-order chi connectivity index (χ1) is 12.3. The third kappa shape index (κ3) is 4.50. The molecule has 1 fully saturated rings. The second-order valence-corrected chi connectivity index (χ2v) is 8.83. The van der Waals surface area contributed by atoms with Crippen LogP contribution in [0.3, 0.4) is 0 Å².